The quantitative estimate of drug-likeness (QED) is 0.217. The summed E-state index contributed by atoms with van der Waals surface area (Å²) in [6.07, 6.45) is 11.3. The maximum absolute atomic E-state index is 13.2. The molecule has 0 aromatic carbocycles. The Hall–Kier alpha value is -1.50. The summed E-state index contributed by atoms with van der Waals surface area (Å²) < 4.78 is 6.14. The number of ether oxygens (including phenoxy) is 1. The first kappa shape index (κ1) is 28.5. The highest BCUT2D eigenvalue weighted by Crippen LogP contribution is 2.77. The summed E-state index contributed by atoms with van der Waals surface area (Å²) in [6.45, 7) is 11.8. The third kappa shape index (κ3) is 4.17. The molecule has 0 amide bonds. The van der Waals surface area contributed by atoms with E-state index in [1.165, 1.54) is 25.7 Å². The number of carbonyl (C=O) groups excluding carboxylic acids is 2. The number of esters is 1. The number of allylic oxidation sites excluding steroid dienone is 1. The monoisotopic (exact) mass is 516 g/mol. The Kier molecular flexibility index (Phi) is 7.64. The molecule has 3 unspecified atom stereocenters. The molecule has 0 aromatic rings. The van der Waals surface area contributed by atoms with Gasteiger partial charge in [0.05, 0.1) is 6.61 Å². The SMILES string of the molecule is CCCCCCCCCC(=O)OC1[C@@H](C)[C@]2(C)C3C=C(C)C(=O)[C@@]3(O)CC(CO)=C[C@H]2C2C(C)(C)[C@]12O. The normalized spacial score (nSPS) is 41.6. The molecule has 0 radical (unpaired) electrons. The van der Waals surface area contributed by atoms with Crippen LogP contribution in [0.1, 0.15) is 99.3 Å². The summed E-state index contributed by atoms with van der Waals surface area (Å²) in [5.41, 5.74) is -2.86. The standard InChI is InChI=1S/C31H48O6/c1-7-8-9-10-11-12-13-14-24(33)37-27-20(3)29(6)22(25-28(4,5)31(25,27)36)16-21(18-32)17-30(35)23(29)15-19(2)26(30)34/h15-16,20,22-23,25,27,32,35-36H,7-14,17-18H2,1-6H3/t20-,22+,23?,25?,27?,29+,30-,31-/m1/s1. The zero-order valence-corrected chi connectivity index (χ0v) is 23.7. The summed E-state index contributed by atoms with van der Waals surface area (Å²) in [7, 11) is 0. The van der Waals surface area contributed by atoms with Gasteiger partial charge < -0.3 is 20.1 Å². The topological polar surface area (TPSA) is 104 Å². The maximum Gasteiger partial charge on any atom is 0.306 e. The number of hydrogen-bond acceptors (Lipinski definition) is 6. The molecular formula is C31H48O6. The lowest BCUT2D eigenvalue weighted by Crippen LogP contribution is -2.60. The number of fused-ring (bicyclic) bond motifs is 5. The van der Waals surface area contributed by atoms with Crippen LogP contribution in [-0.2, 0) is 14.3 Å². The molecule has 6 heteroatoms. The van der Waals surface area contributed by atoms with E-state index in [0.717, 1.165) is 19.3 Å². The van der Waals surface area contributed by atoms with E-state index in [1.807, 2.05) is 32.9 Å². The van der Waals surface area contributed by atoms with Crippen molar-refractivity contribution in [3.05, 3.63) is 23.3 Å². The lowest BCUT2D eigenvalue weighted by molar-refractivity contribution is -0.193. The van der Waals surface area contributed by atoms with Gasteiger partial charge in [0, 0.05) is 36.0 Å². The van der Waals surface area contributed by atoms with Gasteiger partial charge in [0.25, 0.3) is 0 Å². The van der Waals surface area contributed by atoms with Crippen molar-refractivity contribution >= 4 is 11.8 Å². The zero-order chi connectivity index (χ0) is 27.4. The summed E-state index contributed by atoms with van der Waals surface area (Å²) in [5, 5.41) is 34.0. The Morgan fingerprint density at radius 3 is 2.30 bits per heavy atom. The second kappa shape index (κ2) is 9.91. The number of Topliss-reactive ketones (excluding diaryl/α,β-unsaturated/α-hetero) is 1. The van der Waals surface area contributed by atoms with Crippen LogP contribution in [-0.4, -0.2) is 51.0 Å². The minimum atomic E-state index is -1.64. The van der Waals surface area contributed by atoms with E-state index in [9.17, 15) is 24.9 Å². The molecule has 3 N–H and O–H groups in total. The lowest BCUT2D eigenvalue weighted by atomic mass is 9.52. The van der Waals surface area contributed by atoms with Crippen molar-refractivity contribution in [3.63, 3.8) is 0 Å². The van der Waals surface area contributed by atoms with E-state index in [2.05, 4.69) is 13.8 Å². The lowest BCUT2D eigenvalue weighted by Gasteiger charge is -2.54. The second-order valence-corrected chi connectivity index (χ2v) is 13.2. The maximum atomic E-state index is 13.2. The molecule has 2 fully saturated rings. The molecule has 0 saturated heterocycles. The van der Waals surface area contributed by atoms with Crippen molar-refractivity contribution in [2.24, 2.45) is 34.5 Å². The van der Waals surface area contributed by atoms with Crippen LogP contribution < -0.4 is 0 Å². The Labute approximate surface area is 222 Å². The first-order valence-corrected chi connectivity index (χ1v) is 14.5. The fraction of sp³-hybridized carbons (Fsp3) is 0.806. The minimum absolute atomic E-state index is 0.0773. The molecule has 0 aromatic heterocycles. The average Bonchev–Trinajstić information content (AvgIpc) is 3.24. The fourth-order valence-corrected chi connectivity index (χ4v) is 8.43. The van der Waals surface area contributed by atoms with Gasteiger partial charge in [-0.2, -0.15) is 0 Å². The molecule has 4 aliphatic rings. The highest BCUT2D eigenvalue weighted by molar-refractivity contribution is 6.04. The number of unbranched alkanes of at least 4 members (excludes halogenated alkanes) is 6. The highest BCUT2D eigenvalue weighted by atomic mass is 16.6. The summed E-state index contributed by atoms with van der Waals surface area (Å²) in [4.78, 5) is 26.2. The second-order valence-electron chi connectivity index (χ2n) is 13.2. The largest absolute Gasteiger partial charge is 0.459 e. The summed E-state index contributed by atoms with van der Waals surface area (Å²) >= 11 is 0. The minimum Gasteiger partial charge on any atom is -0.459 e. The number of hydrogen-bond donors (Lipinski definition) is 3. The van der Waals surface area contributed by atoms with E-state index in [0.29, 0.717) is 17.6 Å². The molecule has 0 spiro atoms. The van der Waals surface area contributed by atoms with Gasteiger partial charge in [-0.3, -0.25) is 9.59 Å². The third-order valence-corrected chi connectivity index (χ3v) is 10.9. The van der Waals surface area contributed by atoms with Crippen LogP contribution in [0.3, 0.4) is 0 Å². The Morgan fingerprint density at radius 2 is 1.68 bits per heavy atom. The smallest absolute Gasteiger partial charge is 0.306 e. The van der Waals surface area contributed by atoms with Gasteiger partial charge in [-0.15, -0.1) is 0 Å². The number of carbonyl (C=O) groups is 2. The number of aliphatic hydroxyl groups excluding tert-OH is 1. The van der Waals surface area contributed by atoms with Crippen LogP contribution in [0.2, 0.25) is 0 Å². The van der Waals surface area contributed by atoms with Gasteiger partial charge in [-0.25, -0.2) is 0 Å². The molecule has 8 atom stereocenters. The molecule has 37 heavy (non-hydrogen) atoms. The molecule has 4 aliphatic carbocycles. The predicted molar refractivity (Wildman–Crippen MR) is 142 cm³/mol. The van der Waals surface area contributed by atoms with Gasteiger partial charge in [0.1, 0.15) is 17.3 Å². The highest BCUT2D eigenvalue weighted by Gasteiger charge is 2.84. The summed E-state index contributed by atoms with van der Waals surface area (Å²) in [5.74, 6) is -1.80. The van der Waals surface area contributed by atoms with E-state index in [-0.39, 0.29) is 42.5 Å². The number of ketones is 1. The third-order valence-electron chi connectivity index (χ3n) is 10.9. The van der Waals surface area contributed by atoms with E-state index >= 15 is 0 Å². The van der Waals surface area contributed by atoms with Crippen molar-refractivity contribution in [3.8, 4) is 0 Å². The van der Waals surface area contributed by atoms with Gasteiger partial charge in [0.2, 0.25) is 0 Å². The van der Waals surface area contributed by atoms with Gasteiger partial charge >= 0.3 is 5.97 Å². The van der Waals surface area contributed by atoms with Crippen molar-refractivity contribution in [1.29, 1.82) is 0 Å². The van der Waals surface area contributed by atoms with Crippen LogP contribution >= 0.6 is 0 Å². The summed E-state index contributed by atoms with van der Waals surface area (Å²) in [6, 6.07) is 0. The molecular weight excluding hydrogens is 468 g/mol. The van der Waals surface area contributed by atoms with Crippen molar-refractivity contribution in [2.75, 3.05) is 6.61 Å². The van der Waals surface area contributed by atoms with Crippen molar-refractivity contribution in [1.82, 2.24) is 0 Å². The molecule has 2 saturated carbocycles. The molecule has 0 heterocycles. The van der Waals surface area contributed by atoms with E-state index in [1.54, 1.807) is 6.92 Å². The average molecular weight is 517 g/mol. The van der Waals surface area contributed by atoms with Gasteiger partial charge in [-0.1, -0.05) is 85.3 Å². The number of rotatable bonds is 10. The van der Waals surface area contributed by atoms with Crippen molar-refractivity contribution in [2.45, 2.75) is 117 Å². The molecule has 4 rings (SSSR count). The van der Waals surface area contributed by atoms with Crippen LogP contribution in [0, 0.1) is 34.5 Å². The Bertz CT molecular complexity index is 980. The van der Waals surface area contributed by atoms with Crippen LogP contribution in [0.5, 0.6) is 0 Å². The molecule has 0 aliphatic heterocycles. The van der Waals surface area contributed by atoms with Crippen LogP contribution in [0.4, 0.5) is 0 Å². The molecule has 208 valence electrons. The van der Waals surface area contributed by atoms with Gasteiger partial charge in [0.15, 0.2) is 5.78 Å². The van der Waals surface area contributed by atoms with E-state index < -0.39 is 34.1 Å². The van der Waals surface area contributed by atoms with Crippen molar-refractivity contribution < 1.29 is 29.6 Å². The van der Waals surface area contributed by atoms with E-state index in [4.69, 9.17) is 4.74 Å². The van der Waals surface area contributed by atoms with Crippen LogP contribution in [0.25, 0.3) is 0 Å². The fourth-order valence-electron chi connectivity index (χ4n) is 8.43. The van der Waals surface area contributed by atoms with Gasteiger partial charge in [-0.05, 0) is 35.8 Å². The predicted octanol–water partition coefficient (Wildman–Crippen LogP) is 4.90. The number of aliphatic hydroxyl groups is 3. The van der Waals surface area contributed by atoms with Crippen LogP contribution in [0.15, 0.2) is 23.3 Å². The first-order valence-electron chi connectivity index (χ1n) is 14.5. The Balaban J connectivity index is 1.60. The zero-order valence-electron chi connectivity index (χ0n) is 23.7. The first-order chi connectivity index (χ1) is 17.3. The molecule has 0 bridgehead atoms. The molecule has 6 nitrogen and oxygen atoms in total. The Morgan fingerprint density at radius 1 is 1.05 bits per heavy atom.